The predicted molar refractivity (Wildman–Crippen MR) is 91.4 cm³/mol. The molecule has 0 aromatic carbocycles. The highest BCUT2D eigenvalue weighted by atomic mass is 32.1. The van der Waals surface area contributed by atoms with Gasteiger partial charge < -0.3 is 14.7 Å². The number of aromatic nitrogens is 4. The maximum Gasteiger partial charge on any atom is 0.254 e. The van der Waals surface area contributed by atoms with Crippen LogP contribution in [0.15, 0.2) is 29.9 Å². The molecule has 24 heavy (non-hydrogen) atoms. The van der Waals surface area contributed by atoms with Crippen LogP contribution < -0.4 is 4.90 Å². The highest BCUT2D eigenvalue weighted by molar-refractivity contribution is 7.10. The second kappa shape index (κ2) is 6.46. The molecule has 0 spiro atoms. The van der Waals surface area contributed by atoms with Gasteiger partial charge in [0.15, 0.2) is 0 Å². The lowest BCUT2D eigenvalue weighted by Crippen LogP contribution is -2.47. The number of thiophene rings is 1. The average molecular weight is 345 g/mol. The van der Waals surface area contributed by atoms with E-state index in [4.69, 9.17) is 4.74 Å². The molecule has 1 fully saturated rings. The van der Waals surface area contributed by atoms with Gasteiger partial charge in [-0.1, -0.05) is 6.07 Å². The summed E-state index contributed by atoms with van der Waals surface area (Å²) in [5.41, 5.74) is 0.898. The Kier molecular flexibility index (Phi) is 4.17. The fourth-order valence-corrected chi connectivity index (χ4v) is 3.85. The van der Waals surface area contributed by atoms with E-state index >= 15 is 0 Å². The van der Waals surface area contributed by atoms with E-state index in [1.165, 1.54) is 6.33 Å². The molecule has 0 bridgehead atoms. The molecule has 0 radical (unpaired) electrons. The zero-order valence-corrected chi connectivity index (χ0v) is 14.2. The minimum Gasteiger partial charge on any atom is -0.387 e. The van der Waals surface area contributed by atoms with E-state index < -0.39 is 6.10 Å². The third-order valence-corrected chi connectivity index (χ3v) is 5.22. The normalized spacial score (nSPS) is 19.8. The van der Waals surface area contributed by atoms with Crippen molar-refractivity contribution in [1.29, 1.82) is 0 Å². The molecule has 2 unspecified atom stereocenters. The summed E-state index contributed by atoms with van der Waals surface area (Å²) in [7, 11) is 0. The zero-order chi connectivity index (χ0) is 16.5. The Morgan fingerprint density at radius 2 is 2.42 bits per heavy atom. The molecule has 3 aromatic heterocycles. The van der Waals surface area contributed by atoms with E-state index in [1.54, 1.807) is 15.9 Å². The minimum absolute atomic E-state index is 0.0741. The number of aryl methyl sites for hydroxylation is 1. The van der Waals surface area contributed by atoms with Gasteiger partial charge >= 0.3 is 0 Å². The SMILES string of the molecule is Cc1cc(N2CCOCC2CC(O)c2cccs2)n2ncnc2n1. The smallest absolute Gasteiger partial charge is 0.254 e. The summed E-state index contributed by atoms with van der Waals surface area (Å²) in [4.78, 5) is 11.8. The van der Waals surface area contributed by atoms with Crippen molar-refractivity contribution in [3.05, 3.63) is 40.5 Å². The van der Waals surface area contributed by atoms with Crippen LogP contribution in [0.1, 0.15) is 23.1 Å². The third-order valence-electron chi connectivity index (χ3n) is 4.25. The Labute approximate surface area is 143 Å². The van der Waals surface area contributed by atoms with Gasteiger partial charge in [-0.3, -0.25) is 0 Å². The third kappa shape index (κ3) is 2.88. The van der Waals surface area contributed by atoms with E-state index in [1.807, 2.05) is 30.5 Å². The van der Waals surface area contributed by atoms with Gasteiger partial charge in [-0.25, -0.2) is 4.98 Å². The molecule has 1 saturated heterocycles. The fourth-order valence-electron chi connectivity index (χ4n) is 3.12. The van der Waals surface area contributed by atoms with Crippen molar-refractivity contribution < 1.29 is 9.84 Å². The first-order chi connectivity index (χ1) is 11.7. The van der Waals surface area contributed by atoms with Crippen LogP contribution in [-0.2, 0) is 4.74 Å². The van der Waals surface area contributed by atoms with Crippen LogP contribution in [0.4, 0.5) is 5.82 Å². The standard InChI is InChI=1S/C16H19N5O2S/c1-11-7-15(21-16(19-11)17-10-18-21)20-4-5-23-9-12(20)8-13(22)14-3-2-6-24-14/h2-3,6-7,10,12-13,22H,4-5,8-9H2,1H3. The molecule has 1 aliphatic rings. The molecule has 8 heteroatoms. The van der Waals surface area contributed by atoms with Crippen molar-refractivity contribution in [2.45, 2.75) is 25.5 Å². The van der Waals surface area contributed by atoms with Crippen molar-refractivity contribution in [1.82, 2.24) is 19.6 Å². The molecular formula is C16H19N5O2S. The van der Waals surface area contributed by atoms with Gasteiger partial charge in [0.1, 0.15) is 12.1 Å². The molecule has 0 saturated carbocycles. The first-order valence-electron chi connectivity index (χ1n) is 7.95. The summed E-state index contributed by atoms with van der Waals surface area (Å²) in [6, 6.07) is 6.02. The second-order valence-electron chi connectivity index (χ2n) is 5.92. The van der Waals surface area contributed by atoms with Gasteiger partial charge in [0.2, 0.25) is 0 Å². The first-order valence-corrected chi connectivity index (χ1v) is 8.83. The largest absolute Gasteiger partial charge is 0.387 e. The van der Waals surface area contributed by atoms with Gasteiger partial charge in [-0.2, -0.15) is 14.6 Å². The summed E-state index contributed by atoms with van der Waals surface area (Å²) in [6.45, 7) is 3.94. The molecule has 1 aliphatic heterocycles. The Bertz CT molecular complexity index is 819. The maximum absolute atomic E-state index is 10.5. The Hall–Kier alpha value is -2.03. The molecule has 0 aliphatic carbocycles. The summed E-state index contributed by atoms with van der Waals surface area (Å²) in [6.07, 6.45) is 1.63. The number of fused-ring (bicyclic) bond motifs is 1. The fraction of sp³-hybridized carbons (Fsp3) is 0.438. The first kappa shape index (κ1) is 15.5. The van der Waals surface area contributed by atoms with Crippen molar-refractivity contribution in [2.75, 3.05) is 24.7 Å². The van der Waals surface area contributed by atoms with Crippen LogP contribution in [0.5, 0.6) is 0 Å². The van der Waals surface area contributed by atoms with Crippen molar-refractivity contribution in [3.8, 4) is 0 Å². The molecular weight excluding hydrogens is 326 g/mol. The second-order valence-corrected chi connectivity index (χ2v) is 6.90. The summed E-state index contributed by atoms with van der Waals surface area (Å²) >= 11 is 1.58. The molecule has 4 heterocycles. The van der Waals surface area contributed by atoms with E-state index in [9.17, 15) is 5.11 Å². The molecule has 0 amide bonds. The predicted octanol–water partition coefficient (Wildman–Crippen LogP) is 1.82. The van der Waals surface area contributed by atoms with E-state index in [-0.39, 0.29) is 6.04 Å². The number of rotatable bonds is 4. The molecule has 1 N–H and O–H groups in total. The maximum atomic E-state index is 10.5. The van der Waals surface area contributed by atoms with Crippen molar-refractivity contribution in [3.63, 3.8) is 0 Å². The lowest BCUT2D eigenvalue weighted by molar-refractivity contribution is 0.0682. The molecule has 4 rings (SSSR count). The monoisotopic (exact) mass is 345 g/mol. The number of aliphatic hydroxyl groups is 1. The van der Waals surface area contributed by atoms with E-state index in [0.29, 0.717) is 25.4 Å². The lowest BCUT2D eigenvalue weighted by Gasteiger charge is -2.38. The van der Waals surface area contributed by atoms with E-state index in [0.717, 1.165) is 22.9 Å². The minimum atomic E-state index is -0.492. The Morgan fingerprint density at radius 1 is 1.50 bits per heavy atom. The number of aliphatic hydroxyl groups excluding tert-OH is 1. The number of morpholine rings is 1. The van der Waals surface area contributed by atoms with Crippen LogP contribution >= 0.6 is 11.3 Å². The van der Waals surface area contributed by atoms with Crippen LogP contribution in [0.3, 0.4) is 0 Å². The van der Waals surface area contributed by atoms with Crippen molar-refractivity contribution in [2.24, 2.45) is 0 Å². The molecule has 126 valence electrons. The number of hydrogen-bond acceptors (Lipinski definition) is 7. The van der Waals surface area contributed by atoms with Gasteiger partial charge in [0.25, 0.3) is 5.78 Å². The number of hydrogen-bond donors (Lipinski definition) is 1. The van der Waals surface area contributed by atoms with E-state index in [2.05, 4.69) is 20.0 Å². The Morgan fingerprint density at radius 3 is 3.25 bits per heavy atom. The molecule has 3 aromatic rings. The topological polar surface area (TPSA) is 75.8 Å². The lowest BCUT2D eigenvalue weighted by atomic mass is 10.1. The average Bonchev–Trinajstić information content (AvgIpc) is 3.26. The number of nitrogens with zero attached hydrogens (tertiary/aromatic N) is 5. The molecule has 7 nitrogen and oxygen atoms in total. The van der Waals surface area contributed by atoms with Gasteiger partial charge in [0.05, 0.1) is 25.4 Å². The van der Waals surface area contributed by atoms with Gasteiger partial charge in [0, 0.05) is 29.6 Å². The highest BCUT2D eigenvalue weighted by Gasteiger charge is 2.28. The van der Waals surface area contributed by atoms with Gasteiger partial charge in [-0.15, -0.1) is 11.3 Å². The summed E-state index contributed by atoms with van der Waals surface area (Å²) < 4.78 is 7.42. The summed E-state index contributed by atoms with van der Waals surface area (Å²) in [5.74, 6) is 1.54. The van der Waals surface area contributed by atoms with Gasteiger partial charge in [-0.05, 0) is 18.4 Å². The summed E-state index contributed by atoms with van der Waals surface area (Å²) in [5, 5.41) is 16.8. The van der Waals surface area contributed by atoms with Crippen LogP contribution in [0.25, 0.3) is 5.78 Å². The molecule has 2 atom stereocenters. The van der Waals surface area contributed by atoms with Crippen LogP contribution in [0.2, 0.25) is 0 Å². The highest BCUT2D eigenvalue weighted by Crippen LogP contribution is 2.28. The van der Waals surface area contributed by atoms with Crippen LogP contribution in [0, 0.1) is 6.92 Å². The number of anilines is 1. The quantitative estimate of drug-likeness (QED) is 0.777. The Balaban J connectivity index is 1.65. The number of ether oxygens (including phenoxy) is 1. The van der Waals surface area contributed by atoms with Crippen LogP contribution in [-0.4, -0.2) is 50.5 Å². The van der Waals surface area contributed by atoms with Crippen molar-refractivity contribution >= 4 is 22.9 Å². The zero-order valence-electron chi connectivity index (χ0n) is 13.4.